The van der Waals surface area contributed by atoms with Gasteiger partial charge in [0.05, 0.1) is 19.1 Å². The van der Waals surface area contributed by atoms with Crippen molar-refractivity contribution in [2.24, 2.45) is 0 Å². The summed E-state index contributed by atoms with van der Waals surface area (Å²) in [6.07, 6.45) is 2.21. The molecule has 2 aromatic carbocycles. The number of hydrogen-bond acceptors (Lipinski definition) is 5. The number of hydrogen-bond donors (Lipinski definition) is 1. The van der Waals surface area contributed by atoms with E-state index < -0.39 is 16.1 Å². The van der Waals surface area contributed by atoms with Crippen molar-refractivity contribution in [3.8, 4) is 5.75 Å². The third-order valence-electron chi connectivity index (χ3n) is 5.92. The molecule has 36 heavy (non-hydrogen) atoms. The summed E-state index contributed by atoms with van der Waals surface area (Å²) < 4.78 is 31.6. The van der Waals surface area contributed by atoms with E-state index in [0.29, 0.717) is 16.5 Å². The van der Waals surface area contributed by atoms with Gasteiger partial charge >= 0.3 is 0 Å². The van der Waals surface area contributed by atoms with Gasteiger partial charge in [0.2, 0.25) is 21.8 Å². The summed E-state index contributed by atoms with van der Waals surface area (Å²) in [5.74, 6) is -0.0751. The second kappa shape index (κ2) is 13.5. The summed E-state index contributed by atoms with van der Waals surface area (Å²) >= 11 is 6.13. The quantitative estimate of drug-likeness (QED) is 0.412. The Morgan fingerprint density at radius 2 is 1.81 bits per heavy atom. The van der Waals surface area contributed by atoms with Crippen molar-refractivity contribution in [3.05, 3.63) is 59.1 Å². The van der Waals surface area contributed by atoms with Crippen LogP contribution in [0.25, 0.3) is 0 Å². The van der Waals surface area contributed by atoms with Gasteiger partial charge in [0, 0.05) is 30.6 Å². The van der Waals surface area contributed by atoms with E-state index in [0.717, 1.165) is 18.2 Å². The number of carbonyl (C=O) groups is 2. The maximum absolute atomic E-state index is 13.3. The molecular formula is C26H36ClN3O5S. The molecule has 0 aliphatic heterocycles. The smallest absolute Gasteiger partial charge is 0.242 e. The summed E-state index contributed by atoms with van der Waals surface area (Å²) in [6, 6.07) is 13.2. The summed E-state index contributed by atoms with van der Waals surface area (Å²) in [4.78, 5) is 27.7. The number of halogens is 1. The molecule has 198 valence electrons. The van der Waals surface area contributed by atoms with E-state index in [9.17, 15) is 18.0 Å². The SMILES string of the molecule is CC[C@H](C)NC(=O)[C@@H](C)N(Cc1cccc(Cl)c1)C(=O)CCCN(c1ccccc1OC)S(C)(=O)=O. The van der Waals surface area contributed by atoms with Crippen molar-refractivity contribution < 1.29 is 22.7 Å². The van der Waals surface area contributed by atoms with Gasteiger partial charge in [-0.2, -0.15) is 0 Å². The molecule has 0 radical (unpaired) electrons. The second-order valence-electron chi connectivity index (χ2n) is 8.76. The molecular weight excluding hydrogens is 502 g/mol. The van der Waals surface area contributed by atoms with Crippen LogP contribution in [-0.4, -0.2) is 57.1 Å². The van der Waals surface area contributed by atoms with E-state index in [4.69, 9.17) is 16.3 Å². The van der Waals surface area contributed by atoms with Crippen LogP contribution in [0.5, 0.6) is 5.75 Å². The van der Waals surface area contributed by atoms with Crippen LogP contribution in [0.1, 0.15) is 45.6 Å². The average molecular weight is 538 g/mol. The summed E-state index contributed by atoms with van der Waals surface area (Å²) in [5.41, 5.74) is 1.21. The van der Waals surface area contributed by atoms with Crippen LogP contribution in [0.15, 0.2) is 48.5 Å². The molecule has 10 heteroatoms. The van der Waals surface area contributed by atoms with Crippen LogP contribution in [0.4, 0.5) is 5.69 Å². The van der Waals surface area contributed by atoms with Gasteiger partial charge in [-0.15, -0.1) is 0 Å². The van der Waals surface area contributed by atoms with Gasteiger partial charge in [-0.05, 0) is 56.5 Å². The molecule has 0 heterocycles. The lowest BCUT2D eigenvalue weighted by Crippen LogP contribution is -2.49. The van der Waals surface area contributed by atoms with Crippen molar-refractivity contribution in [2.75, 3.05) is 24.2 Å². The number of carbonyl (C=O) groups excluding carboxylic acids is 2. The van der Waals surface area contributed by atoms with Crippen LogP contribution in [0, 0.1) is 0 Å². The normalized spacial score (nSPS) is 12.9. The Labute approximate surface area is 219 Å². The Morgan fingerprint density at radius 3 is 2.42 bits per heavy atom. The molecule has 0 aromatic heterocycles. The molecule has 2 rings (SSSR count). The van der Waals surface area contributed by atoms with Gasteiger partial charge < -0.3 is 15.0 Å². The number of para-hydroxylation sites is 2. The van der Waals surface area contributed by atoms with Crippen molar-refractivity contribution in [3.63, 3.8) is 0 Å². The highest BCUT2D eigenvalue weighted by atomic mass is 35.5. The first kappa shape index (κ1) is 29.5. The predicted molar refractivity (Wildman–Crippen MR) is 144 cm³/mol. The van der Waals surface area contributed by atoms with E-state index in [1.54, 1.807) is 49.4 Å². The molecule has 0 fully saturated rings. The highest BCUT2D eigenvalue weighted by Gasteiger charge is 2.27. The molecule has 0 bridgehead atoms. The topological polar surface area (TPSA) is 96.0 Å². The fraction of sp³-hybridized carbons (Fsp3) is 0.462. The lowest BCUT2D eigenvalue weighted by atomic mass is 10.1. The number of amides is 2. The maximum atomic E-state index is 13.3. The molecule has 0 saturated carbocycles. The molecule has 2 atom stereocenters. The average Bonchev–Trinajstić information content (AvgIpc) is 2.83. The molecule has 2 amide bonds. The molecule has 2 aromatic rings. The summed E-state index contributed by atoms with van der Waals surface area (Å²) in [5, 5.41) is 3.47. The van der Waals surface area contributed by atoms with Crippen molar-refractivity contribution in [1.82, 2.24) is 10.2 Å². The van der Waals surface area contributed by atoms with E-state index in [1.807, 2.05) is 19.9 Å². The van der Waals surface area contributed by atoms with Gasteiger partial charge in [0.15, 0.2) is 0 Å². The number of nitrogens with zero attached hydrogens (tertiary/aromatic N) is 2. The Bertz CT molecular complexity index is 1140. The van der Waals surface area contributed by atoms with Crippen molar-refractivity contribution >= 4 is 39.1 Å². The van der Waals surface area contributed by atoms with Crippen molar-refractivity contribution in [2.45, 2.75) is 58.7 Å². The summed E-state index contributed by atoms with van der Waals surface area (Å²) in [6.45, 7) is 5.86. The molecule has 0 unspecified atom stereocenters. The molecule has 0 saturated heterocycles. The van der Waals surface area contributed by atoms with Gasteiger partial charge in [-0.1, -0.05) is 42.8 Å². The highest BCUT2D eigenvalue weighted by molar-refractivity contribution is 7.92. The lowest BCUT2D eigenvalue weighted by molar-refractivity contribution is -0.140. The number of benzene rings is 2. The van der Waals surface area contributed by atoms with Gasteiger partial charge in [0.1, 0.15) is 11.8 Å². The zero-order valence-corrected chi connectivity index (χ0v) is 23.1. The molecule has 8 nitrogen and oxygen atoms in total. The standard InChI is InChI=1S/C26H36ClN3O5S/c1-6-19(2)28-26(32)20(3)29(18-21-11-9-12-22(27)17-21)25(31)15-10-16-30(36(5,33)34)23-13-7-8-14-24(23)35-4/h7-9,11-14,17,19-20H,6,10,15-16,18H2,1-5H3,(H,28,32)/t19-,20+/m0/s1. The Morgan fingerprint density at radius 1 is 1.11 bits per heavy atom. The fourth-order valence-electron chi connectivity index (χ4n) is 3.70. The summed E-state index contributed by atoms with van der Waals surface area (Å²) in [7, 11) is -2.14. The second-order valence-corrected chi connectivity index (χ2v) is 11.1. The largest absolute Gasteiger partial charge is 0.495 e. The predicted octanol–water partition coefficient (Wildman–Crippen LogP) is 4.23. The van der Waals surface area contributed by atoms with Crippen LogP contribution < -0.4 is 14.4 Å². The van der Waals surface area contributed by atoms with Gasteiger partial charge in [-0.25, -0.2) is 8.42 Å². The number of sulfonamides is 1. The third kappa shape index (κ3) is 8.41. The van der Waals surface area contributed by atoms with Gasteiger partial charge in [0.25, 0.3) is 0 Å². The fourth-order valence-corrected chi connectivity index (χ4v) is 4.88. The molecule has 0 aliphatic carbocycles. The number of rotatable bonds is 13. The Kier molecular flexibility index (Phi) is 11.0. The van der Waals surface area contributed by atoms with E-state index in [2.05, 4.69) is 5.32 Å². The highest BCUT2D eigenvalue weighted by Crippen LogP contribution is 2.29. The number of anilines is 1. The Balaban J connectivity index is 2.20. The zero-order chi connectivity index (χ0) is 26.9. The molecule has 0 aliphatic rings. The van der Waals surface area contributed by atoms with Crippen LogP contribution >= 0.6 is 11.6 Å². The van der Waals surface area contributed by atoms with E-state index in [-0.39, 0.29) is 43.8 Å². The minimum absolute atomic E-state index is 0.0211. The first-order valence-electron chi connectivity index (χ1n) is 11.9. The first-order valence-corrected chi connectivity index (χ1v) is 14.2. The van der Waals surface area contributed by atoms with Gasteiger partial charge in [-0.3, -0.25) is 13.9 Å². The zero-order valence-electron chi connectivity index (χ0n) is 21.5. The van der Waals surface area contributed by atoms with Crippen molar-refractivity contribution in [1.29, 1.82) is 0 Å². The first-order chi connectivity index (χ1) is 17.0. The van der Waals surface area contributed by atoms with Crippen LogP contribution in [-0.2, 0) is 26.2 Å². The lowest BCUT2D eigenvalue weighted by Gasteiger charge is -2.30. The number of ether oxygens (including phenoxy) is 1. The van der Waals surface area contributed by atoms with E-state index >= 15 is 0 Å². The maximum Gasteiger partial charge on any atom is 0.242 e. The number of methoxy groups -OCH3 is 1. The Hall–Kier alpha value is -2.78. The molecule has 1 N–H and O–H groups in total. The van der Waals surface area contributed by atoms with Crippen LogP contribution in [0.3, 0.4) is 0 Å². The minimum atomic E-state index is -3.62. The molecule has 0 spiro atoms. The van der Waals surface area contributed by atoms with Crippen LogP contribution in [0.2, 0.25) is 5.02 Å². The minimum Gasteiger partial charge on any atom is -0.495 e. The third-order valence-corrected chi connectivity index (χ3v) is 7.33. The monoisotopic (exact) mass is 537 g/mol. The number of nitrogens with one attached hydrogen (secondary N) is 1. The van der Waals surface area contributed by atoms with E-state index in [1.165, 1.54) is 16.3 Å².